The number of carbonyl (C=O) groups excluding carboxylic acids is 3. The van der Waals surface area contributed by atoms with Crippen molar-refractivity contribution in [1.82, 2.24) is 15.1 Å². The topological polar surface area (TPSA) is 95.7 Å². The lowest BCUT2D eigenvalue weighted by atomic mass is 9.94. The summed E-state index contributed by atoms with van der Waals surface area (Å²) in [5.41, 5.74) is 6.45. The van der Waals surface area contributed by atoms with Gasteiger partial charge in [-0.25, -0.2) is 0 Å². The Morgan fingerprint density at radius 3 is 2.58 bits per heavy atom. The average molecular weight is 358 g/mol. The van der Waals surface area contributed by atoms with Crippen LogP contribution in [0.3, 0.4) is 0 Å². The van der Waals surface area contributed by atoms with Gasteiger partial charge in [0.1, 0.15) is 0 Å². The molecular formula is C19H26N4O3. The standard InChI is InChI=1S/C19H26N4O3/c20-17(24)12-22-10-15(14-6-2-1-3-7-14)16(11-22)21-18(25)13-23-9-5-4-8-19(23)26/h1-3,6-7,15-16H,4-5,8-13H2,(H2,20,24)(H,21,25)/t15-,16+/m1/s1. The van der Waals surface area contributed by atoms with Gasteiger partial charge in [-0.15, -0.1) is 0 Å². The number of hydrogen-bond acceptors (Lipinski definition) is 4. The fourth-order valence-electron chi connectivity index (χ4n) is 3.87. The third kappa shape index (κ3) is 4.60. The zero-order valence-corrected chi connectivity index (χ0v) is 14.9. The van der Waals surface area contributed by atoms with Crippen LogP contribution in [0.5, 0.6) is 0 Å². The maximum atomic E-state index is 12.5. The van der Waals surface area contributed by atoms with Crippen molar-refractivity contribution in [1.29, 1.82) is 0 Å². The highest BCUT2D eigenvalue weighted by atomic mass is 16.2. The number of rotatable bonds is 6. The van der Waals surface area contributed by atoms with Gasteiger partial charge < -0.3 is 16.0 Å². The van der Waals surface area contributed by atoms with E-state index in [4.69, 9.17) is 5.73 Å². The number of primary amides is 1. The van der Waals surface area contributed by atoms with Gasteiger partial charge in [0.15, 0.2) is 0 Å². The number of carbonyl (C=O) groups is 3. The van der Waals surface area contributed by atoms with Crippen LogP contribution in [0.15, 0.2) is 30.3 Å². The van der Waals surface area contributed by atoms with Crippen LogP contribution in [-0.4, -0.2) is 66.3 Å². The van der Waals surface area contributed by atoms with Gasteiger partial charge in [0.2, 0.25) is 17.7 Å². The van der Waals surface area contributed by atoms with Gasteiger partial charge in [0.25, 0.3) is 0 Å². The van der Waals surface area contributed by atoms with Gasteiger partial charge in [-0.2, -0.15) is 0 Å². The minimum Gasteiger partial charge on any atom is -0.369 e. The number of amides is 3. The molecule has 7 nitrogen and oxygen atoms in total. The van der Waals surface area contributed by atoms with Crippen molar-refractivity contribution in [2.24, 2.45) is 5.73 Å². The van der Waals surface area contributed by atoms with Crippen molar-refractivity contribution >= 4 is 17.7 Å². The van der Waals surface area contributed by atoms with E-state index in [1.54, 1.807) is 4.90 Å². The van der Waals surface area contributed by atoms with Crippen molar-refractivity contribution in [3.8, 4) is 0 Å². The molecule has 2 aliphatic rings. The van der Waals surface area contributed by atoms with E-state index in [1.165, 1.54) is 0 Å². The number of likely N-dealkylation sites (tertiary alicyclic amines) is 2. The second-order valence-electron chi connectivity index (χ2n) is 7.12. The van der Waals surface area contributed by atoms with Crippen LogP contribution in [0, 0.1) is 0 Å². The first-order valence-electron chi connectivity index (χ1n) is 9.15. The molecule has 0 spiro atoms. The lowest BCUT2D eigenvalue weighted by molar-refractivity contribution is -0.138. The van der Waals surface area contributed by atoms with E-state index >= 15 is 0 Å². The molecule has 0 saturated carbocycles. The Bertz CT molecular complexity index is 664. The Labute approximate surface area is 153 Å². The predicted molar refractivity (Wildman–Crippen MR) is 97.2 cm³/mol. The quantitative estimate of drug-likeness (QED) is 0.752. The number of piperidine rings is 1. The Balaban J connectivity index is 1.65. The first-order valence-corrected chi connectivity index (χ1v) is 9.15. The fourth-order valence-corrected chi connectivity index (χ4v) is 3.87. The van der Waals surface area contributed by atoms with Gasteiger partial charge in [0.05, 0.1) is 13.1 Å². The second kappa shape index (κ2) is 8.31. The van der Waals surface area contributed by atoms with Crippen molar-refractivity contribution in [3.05, 3.63) is 35.9 Å². The fraction of sp³-hybridized carbons (Fsp3) is 0.526. The highest BCUT2D eigenvalue weighted by Gasteiger charge is 2.35. The van der Waals surface area contributed by atoms with Crippen LogP contribution in [0.1, 0.15) is 30.7 Å². The zero-order chi connectivity index (χ0) is 18.5. The average Bonchev–Trinajstić information content (AvgIpc) is 2.99. The number of hydrogen-bond donors (Lipinski definition) is 2. The summed E-state index contributed by atoms with van der Waals surface area (Å²) in [6.45, 7) is 2.17. The molecule has 0 bridgehead atoms. The molecule has 2 atom stereocenters. The Morgan fingerprint density at radius 1 is 1.12 bits per heavy atom. The van der Waals surface area contributed by atoms with Crippen molar-refractivity contribution in [2.45, 2.75) is 31.2 Å². The number of nitrogens with one attached hydrogen (secondary N) is 1. The highest BCUT2D eigenvalue weighted by Crippen LogP contribution is 2.27. The molecule has 0 unspecified atom stereocenters. The van der Waals surface area contributed by atoms with Crippen LogP contribution in [-0.2, 0) is 14.4 Å². The molecule has 7 heteroatoms. The number of nitrogens with zero attached hydrogens (tertiary/aromatic N) is 2. The Kier molecular flexibility index (Phi) is 5.88. The van der Waals surface area contributed by atoms with Crippen LogP contribution in [0.2, 0.25) is 0 Å². The summed E-state index contributed by atoms with van der Waals surface area (Å²) >= 11 is 0. The molecule has 1 aromatic carbocycles. The summed E-state index contributed by atoms with van der Waals surface area (Å²) in [6.07, 6.45) is 2.37. The van der Waals surface area contributed by atoms with E-state index in [2.05, 4.69) is 5.32 Å². The molecule has 2 heterocycles. The predicted octanol–water partition coefficient (Wildman–Crippen LogP) is 0.0684. The summed E-state index contributed by atoms with van der Waals surface area (Å²) < 4.78 is 0. The summed E-state index contributed by atoms with van der Waals surface area (Å²) in [7, 11) is 0. The van der Waals surface area contributed by atoms with E-state index in [0.29, 0.717) is 26.1 Å². The van der Waals surface area contributed by atoms with Crippen molar-refractivity contribution < 1.29 is 14.4 Å². The molecule has 140 valence electrons. The molecular weight excluding hydrogens is 332 g/mol. The van der Waals surface area contributed by atoms with Crippen LogP contribution in [0.4, 0.5) is 0 Å². The lowest BCUT2D eigenvalue weighted by Crippen LogP contribution is -2.47. The van der Waals surface area contributed by atoms with Crippen molar-refractivity contribution in [2.75, 3.05) is 32.7 Å². The third-order valence-electron chi connectivity index (χ3n) is 5.10. The number of benzene rings is 1. The van der Waals surface area contributed by atoms with Gasteiger partial charge in [-0.05, 0) is 18.4 Å². The van der Waals surface area contributed by atoms with Gasteiger partial charge in [-0.1, -0.05) is 30.3 Å². The second-order valence-corrected chi connectivity index (χ2v) is 7.12. The SMILES string of the molecule is NC(=O)CN1C[C@H](NC(=O)CN2CCCCC2=O)[C@@H](c2ccccc2)C1. The molecule has 3 N–H and O–H groups in total. The van der Waals surface area contributed by atoms with Gasteiger partial charge in [-0.3, -0.25) is 19.3 Å². The molecule has 0 aromatic heterocycles. The van der Waals surface area contributed by atoms with Crippen LogP contribution >= 0.6 is 0 Å². The molecule has 3 amide bonds. The maximum Gasteiger partial charge on any atom is 0.239 e. The zero-order valence-electron chi connectivity index (χ0n) is 14.9. The summed E-state index contributed by atoms with van der Waals surface area (Å²) in [5.74, 6) is -0.376. The monoisotopic (exact) mass is 358 g/mol. The molecule has 3 rings (SSSR count). The minimum atomic E-state index is -0.372. The molecule has 2 aliphatic heterocycles. The Morgan fingerprint density at radius 2 is 1.88 bits per heavy atom. The molecule has 0 radical (unpaired) electrons. The van der Waals surface area contributed by atoms with Crippen LogP contribution in [0.25, 0.3) is 0 Å². The van der Waals surface area contributed by atoms with Gasteiger partial charge in [0, 0.05) is 38.0 Å². The van der Waals surface area contributed by atoms with Gasteiger partial charge >= 0.3 is 0 Å². The van der Waals surface area contributed by atoms with E-state index in [9.17, 15) is 14.4 Å². The highest BCUT2D eigenvalue weighted by molar-refractivity contribution is 5.85. The molecule has 1 aromatic rings. The minimum absolute atomic E-state index is 0.0489. The third-order valence-corrected chi connectivity index (χ3v) is 5.10. The summed E-state index contributed by atoms with van der Waals surface area (Å²) in [6, 6.07) is 9.85. The molecule has 2 saturated heterocycles. The van der Waals surface area contributed by atoms with E-state index < -0.39 is 0 Å². The summed E-state index contributed by atoms with van der Waals surface area (Å²) in [4.78, 5) is 39.3. The van der Waals surface area contributed by atoms with E-state index in [1.807, 2.05) is 35.2 Å². The Hall–Kier alpha value is -2.41. The molecule has 0 aliphatic carbocycles. The van der Waals surface area contributed by atoms with E-state index in [-0.39, 0.29) is 42.8 Å². The summed E-state index contributed by atoms with van der Waals surface area (Å²) in [5, 5.41) is 3.07. The first kappa shape index (κ1) is 18.4. The maximum absolute atomic E-state index is 12.5. The molecule has 26 heavy (non-hydrogen) atoms. The number of nitrogens with two attached hydrogens (primary N) is 1. The largest absolute Gasteiger partial charge is 0.369 e. The smallest absolute Gasteiger partial charge is 0.239 e. The van der Waals surface area contributed by atoms with Crippen LogP contribution < -0.4 is 11.1 Å². The van der Waals surface area contributed by atoms with Crippen molar-refractivity contribution in [3.63, 3.8) is 0 Å². The lowest BCUT2D eigenvalue weighted by Gasteiger charge is -2.27. The van der Waals surface area contributed by atoms with E-state index in [0.717, 1.165) is 18.4 Å². The normalized spacial score (nSPS) is 23.8. The molecule has 2 fully saturated rings. The first-order chi connectivity index (χ1) is 12.5.